The Morgan fingerprint density at radius 1 is 1.30 bits per heavy atom. The summed E-state index contributed by atoms with van der Waals surface area (Å²) in [4.78, 5) is 11.0. The highest BCUT2D eigenvalue weighted by molar-refractivity contribution is 5.89. The number of aromatic carboxylic acids is 1. The van der Waals surface area contributed by atoms with Gasteiger partial charge in [-0.05, 0) is 36.2 Å². The predicted molar refractivity (Wildman–Crippen MR) is 65.4 cm³/mol. The lowest BCUT2D eigenvalue weighted by Gasteiger charge is -2.04. The number of aromatic nitrogens is 2. The number of alkyl halides is 3. The fourth-order valence-electron chi connectivity index (χ4n) is 1.78. The second-order valence-electron chi connectivity index (χ2n) is 4.24. The summed E-state index contributed by atoms with van der Waals surface area (Å²) >= 11 is 0. The van der Waals surface area contributed by atoms with Gasteiger partial charge in [-0.15, -0.1) is 0 Å². The highest BCUT2D eigenvalue weighted by atomic mass is 19.4. The number of rotatable bonds is 3. The molecule has 7 heteroatoms. The number of carboxylic acids is 1. The Bertz CT molecular complexity index is 647. The second-order valence-corrected chi connectivity index (χ2v) is 4.24. The van der Waals surface area contributed by atoms with Crippen LogP contribution in [0, 0.1) is 0 Å². The zero-order valence-corrected chi connectivity index (χ0v) is 10.5. The van der Waals surface area contributed by atoms with Crippen LogP contribution in [0.2, 0.25) is 0 Å². The Morgan fingerprint density at radius 2 is 2.00 bits per heavy atom. The molecule has 20 heavy (non-hydrogen) atoms. The van der Waals surface area contributed by atoms with Gasteiger partial charge in [-0.3, -0.25) is 5.10 Å². The molecule has 1 aromatic heterocycles. The van der Waals surface area contributed by atoms with E-state index in [-0.39, 0.29) is 11.3 Å². The zero-order chi connectivity index (χ0) is 14.9. The lowest BCUT2D eigenvalue weighted by atomic mass is 10.0. The summed E-state index contributed by atoms with van der Waals surface area (Å²) in [5, 5.41) is 14.5. The number of halogens is 3. The van der Waals surface area contributed by atoms with Gasteiger partial charge >= 0.3 is 12.1 Å². The van der Waals surface area contributed by atoms with E-state index in [2.05, 4.69) is 5.10 Å². The van der Waals surface area contributed by atoms with Gasteiger partial charge in [0.1, 0.15) is 5.69 Å². The number of nitrogens with zero attached hydrogens (tertiary/aromatic N) is 1. The molecule has 0 aliphatic heterocycles. The van der Waals surface area contributed by atoms with Crippen LogP contribution in [0.5, 0.6) is 0 Å². The fourth-order valence-corrected chi connectivity index (χ4v) is 1.78. The molecule has 4 nitrogen and oxygen atoms in total. The van der Waals surface area contributed by atoms with Crippen LogP contribution in [0.4, 0.5) is 13.2 Å². The maximum absolute atomic E-state index is 12.5. The molecule has 1 aromatic carbocycles. The smallest absolute Gasteiger partial charge is 0.432 e. The number of carbonyl (C=O) groups is 1. The highest BCUT2D eigenvalue weighted by Gasteiger charge is 2.33. The average molecular weight is 284 g/mol. The topological polar surface area (TPSA) is 66.0 Å². The first-order chi connectivity index (χ1) is 9.31. The Balaban J connectivity index is 2.49. The van der Waals surface area contributed by atoms with Crippen LogP contribution in [0.15, 0.2) is 24.3 Å². The average Bonchev–Trinajstić information content (AvgIpc) is 2.87. The maximum atomic E-state index is 12.5. The van der Waals surface area contributed by atoms with Crippen LogP contribution in [0.1, 0.15) is 28.5 Å². The molecular formula is C13H11F3N2O2. The molecule has 0 atom stereocenters. The van der Waals surface area contributed by atoms with E-state index in [1.807, 2.05) is 12.0 Å². The van der Waals surface area contributed by atoms with Crippen LogP contribution < -0.4 is 0 Å². The lowest BCUT2D eigenvalue weighted by Crippen LogP contribution is -2.04. The number of aryl methyl sites for hydroxylation is 1. The van der Waals surface area contributed by atoms with E-state index in [0.717, 1.165) is 11.6 Å². The van der Waals surface area contributed by atoms with E-state index < -0.39 is 17.8 Å². The molecule has 0 saturated carbocycles. The molecule has 0 unspecified atom stereocenters. The van der Waals surface area contributed by atoms with Gasteiger partial charge in [0.15, 0.2) is 0 Å². The normalized spacial score (nSPS) is 11.6. The van der Waals surface area contributed by atoms with E-state index in [9.17, 15) is 18.0 Å². The van der Waals surface area contributed by atoms with E-state index in [1.54, 1.807) is 6.07 Å². The van der Waals surface area contributed by atoms with E-state index in [4.69, 9.17) is 5.11 Å². The summed E-state index contributed by atoms with van der Waals surface area (Å²) in [5.41, 5.74) is 0.183. The Kier molecular flexibility index (Phi) is 3.52. The highest BCUT2D eigenvalue weighted by Crippen LogP contribution is 2.30. The van der Waals surface area contributed by atoms with Gasteiger partial charge in [0, 0.05) is 5.56 Å². The number of hydrogen-bond acceptors (Lipinski definition) is 2. The number of nitrogens with one attached hydrogen (secondary N) is 1. The number of H-pyrrole nitrogens is 1. The summed E-state index contributed by atoms with van der Waals surface area (Å²) in [7, 11) is 0. The molecule has 0 bridgehead atoms. The second kappa shape index (κ2) is 4.99. The first-order valence-corrected chi connectivity index (χ1v) is 5.81. The molecule has 0 saturated heterocycles. The van der Waals surface area contributed by atoms with Gasteiger partial charge in [-0.1, -0.05) is 6.92 Å². The minimum absolute atomic E-state index is 0.0240. The van der Waals surface area contributed by atoms with Crippen molar-refractivity contribution in [2.45, 2.75) is 19.5 Å². The van der Waals surface area contributed by atoms with Crippen LogP contribution in [0.3, 0.4) is 0 Å². The van der Waals surface area contributed by atoms with Gasteiger partial charge < -0.3 is 5.11 Å². The summed E-state index contributed by atoms with van der Waals surface area (Å²) in [6.45, 7) is 1.83. The van der Waals surface area contributed by atoms with Crippen molar-refractivity contribution >= 4 is 5.97 Å². The minimum Gasteiger partial charge on any atom is -0.478 e. The molecule has 0 aliphatic rings. The lowest BCUT2D eigenvalue weighted by molar-refractivity contribution is -0.141. The van der Waals surface area contributed by atoms with Crippen molar-refractivity contribution in [1.82, 2.24) is 10.2 Å². The molecule has 0 radical (unpaired) electrons. The molecule has 1 heterocycles. The Labute approximate surface area is 112 Å². The standard InChI is InChI=1S/C13H11F3N2O2/c1-2-7-3-8(5-9(4-7)12(19)20)10-6-11(18-17-10)13(14,15)16/h3-6H,2H2,1H3,(H,17,18)(H,19,20). The number of benzene rings is 1. The van der Waals surface area contributed by atoms with Crippen LogP contribution in [-0.2, 0) is 12.6 Å². The minimum atomic E-state index is -4.51. The van der Waals surface area contributed by atoms with Crippen LogP contribution in [0.25, 0.3) is 11.3 Å². The molecule has 0 aliphatic carbocycles. The molecule has 106 valence electrons. The number of carboxylic acid groups (broad SMARTS) is 1. The van der Waals surface area contributed by atoms with Crippen molar-refractivity contribution in [2.75, 3.05) is 0 Å². The van der Waals surface area contributed by atoms with Gasteiger partial charge in [-0.2, -0.15) is 18.3 Å². The largest absolute Gasteiger partial charge is 0.478 e. The van der Waals surface area contributed by atoms with E-state index in [1.165, 1.54) is 12.1 Å². The summed E-state index contributed by atoms with van der Waals surface area (Å²) < 4.78 is 37.5. The van der Waals surface area contributed by atoms with Gasteiger partial charge in [-0.25, -0.2) is 4.79 Å². The van der Waals surface area contributed by atoms with Crippen molar-refractivity contribution in [3.05, 3.63) is 41.1 Å². The van der Waals surface area contributed by atoms with Gasteiger partial charge in [0.05, 0.1) is 11.3 Å². The van der Waals surface area contributed by atoms with Gasteiger partial charge in [0.2, 0.25) is 0 Å². The van der Waals surface area contributed by atoms with Crippen molar-refractivity contribution < 1.29 is 23.1 Å². The number of aromatic amines is 1. The third kappa shape index (κ3) is 2.81. The first kappa shape index (κ1) is 14.1. The zero-order valence-electron chi connectivity index (χ0n) is 10.5. The van der Waals surface area contributed by atoms with Crippen molar-refractivity contribution in [3.8, 4) is 11.3 Å². The monoisotopic (exact) mass is 284 g/mol. The maximum Gasteiger partial charge on any atom is 0.432 e. The third-order valence-corrected chi connectivity index (χ3v) is 2.83. The summed E-state index contributed by atoms with van der Waals surface area (Å²) in [5.74, 6) is -1.13. The summed E-state index contributed by atoms with van der Waals surface area (Å²) in [6.07, 6.45) is -3.94. The number of hydrogen-bond donors (Lipinski definition) is 2. The predicted octanol–water partition coefficient (Wildman–Crippen LogP) is 3.36. The molecule has 0 amide bonds. The fraction of sp³-hybridized carbons (Fsp3) is 0.231. The SMILES string of the molecule is CCc1cc(C(=O)O)cc(-c2cc(C(F)(F)F)[nH]n2)c1. The van der Waals surface area contributed by atoms with Crippen molar-refractivity contribution in [1.29, 1.82) is 0 Å². The first-order valence-electron chi connectivity index (χ1n) is 5.81. The van der Waals surface area contributed by atoms with E-state index in [0.29, 0.717) is 12.0 Å². The van der Waals surface area contributed by atoms with Crippen molar-refractivity contribution in [3.63, 3.8) is 0 Å². The third-order valence-electron chi connectivity index (χ3n) is 2.83. The molecule has 0 fully saturated rings. The Morgan fingerprint density at radius 3 is 2.50 bits per heavy atom. The summed E-state index contributed by atoms with van der Waals surface area (Å²) in [6, 6.07) is 5.28. The molecule has 0 spiro atoms. The molecule has 2 aromatic rings. The Hall–Kier alpha value is -2.31. The van der Waals surface area contributed by atoms with Crippen molar-refractivity contribution in [2.24, 2.45) is 0 Å². The van der Waals surface area contributed by atoms with Gasteiger partial charge in [0.25, 0.3) is 0 Å². The van der Waals surface area contributed by atoms with Crippen LogP contribution >= 0.6 is 0 Å². The van der Waals surface area contributed by atoms with Crippen LogP contribution in [-0.4, -0.2) is 21.3 Å². The quantitative estimate of drug-likeness (QED) is 0.908. The molecule has 2 rings (SSSR count). The van der Waals surface area contributed by atoms with E-state index >= 15 is 0 Å². The molecular weight excluding hydrogens is 273 g/mol. The molecule has 2 N–H and O–H groups in total.